The van der Waals surface area contributed by atoms with Gasteiger partial charge in [-0.05, 0) is 30.2 Å². The van der Waals surface area contributed by atoms with Crippen LogP contribution in [0.5, 0.6) is 5.75 Å². The summed E-state index contributed by atoms with van der Waals surface area (Å²) in [5, 5.41) is 13.4. The van der Waals surface area contributed by atoms with Crippen molar-refractivity contribution in [3.05, 3.63) is 64.7 Å². The average Bonchev–Trinajstić information content (AvgIpc) is 2.68. The third-order valence-electron chi connectivity index (χ3n) is 4.55. The third kappa shape index (κ3) is 4.75. The molecule has 1 saturated heterocycles. The van der Waals surface area contributed by atoms with E-state index in [1.807, 2.05) is 41.3 Å². The van der Waals surface area contributed by atoms with Crippen LogP contribution >= 0.6 is 11.6 Å². The number of ether oxygens (including phenoxy) is 1. The van der Waals surface area contributed by atoms with Crippen molar-refractivity contribution in [2.24, 2.45) is 0 Å². The van der Waals surface area contributed by atoms with Crippen LogP contribution in [0.3, 0.4) is 0 Å². The minimum atomic E-state index is -0.114. The second kappa shape index (κ2) is 9.03. The van der Waals surface area contributed by atoms with Crippen molar-refractivity contribution in [3.8, 4) is 5.75 Å². The molecule has 1 atom stereocenters. The van der Waals surface area contributed by atoms with Gasteiger partial charge in [0.2, 0.25) is 0 Å². The molecule has 1 amide bonds. The third-order valence-corrected chi connectivity index (χ3v) is 4.80. The van der Waals surface area contributed by atoms with E-state index in [9.17, 15) is 9.90 Å². The lowest BCUT2D eigenvalue weighted by atomic mass is 10.0. The van der Waals surface area contributed by atoms with Crippen LogP contribution < -0.4 is 10.1 Å². The zero-order valence-corrected chi connectivity index (χ0v) is 15.3. The lowest BCUT2D eigenvalue weighted by molar-refractivity contribution is -0.136. The number of hydrogen-bond acceptors (Lipinski definition) is 4. The quantitative estimate of drug-likeness (QED) is 0.814. The first-order valence-electron chi connectivity index (χ1n) is 8.73. The Labute approximate surface area is 158 Å². The summed E-state index contributed by atoms with van der Waals surface area (Å²) in [6.07, 6.45) is 0.767. The van der Waals surface area contributed by atoms with Gasteiger partial charge in [-0.15, -0.1) is 0 Å². The second-order valence-corrected chi connectivity index (χ2v) is 6.77. The highest BCUT2D eigenvalue weighted by atomic mass is 35.5. The summed E-state index contributed by atoms with van der Waals surface area (Å²) >= 11 is 5.95. The predicted octanol–water partition coefficient (Wildman–Crippen LogP) is 2.25. The van der Waals surface area contributed by atoms with Gasteiger partial charge in [0.25, 0.3) is 5.91 Å². The summed E-state index contributed by atoms with van der Waals surface area (Å²) in [6, 6.07) is 15.0. The van der Waals surface area contributed by atoms with Crippen molar-refractivity contribution in [2.75, 3.05) is 26.2 Å². The van der Waals surface area contributed by atoms with Gasteiger partial charge in [-0.25, -0.2) is 0 Å². The fourth-order valence-electron chi connectivity index (χ4n) is 3.16. The number of amides is 1. The molecule has 1 unspecified atom stereocenters. The van der Waals surface area contributed by atoms with E-state index in [1.54, 1.807) is 12.1 Å². The van der Waals surface area contributed by atoms with Crippen LogP contribution in [0, 0.1) is 0 Å². The van der Waals surface area contributed by atoms with E-state index in [-0.39, 0.29) is 25.2 Å². The molecule has 1 fully saturated rings. The Morgan fingerprint density at radius 2 is 2.00 bits per heavy atom. The largest absolute Gasteiger partial charge is 0.483 e. The molecule has 0 bridgehead atoms. The molecular weight excluding hydrogens is 352 g/mol. The highest BCUT2D eigenvalue weighted by molar-refractivity contribution is 6.30. The van der Waals surface area contributed by atoms with Crippen molar-refractivity contribution in [2.45, 2.75) is 19.1 Å². The first-order chi connectivity index (χ1) is 12.7. The van der Waals surface area contributed by atoms with Gasteiger partial charge in [-0.3, -0.25) is 4.79 Å². The van der Waals surface area contributed by atoms with E-state index in [0.29, 0.717) is 22.9 Å². The highest BCUT2D eigenvalue weighted by Crippen LogP contribution is 2.19. The maximum absolute atomic E-state index is 12.7. The highest BCUT2D eigenvalue weighted by Gasteiger charge is 2.27. The van der Waals surface area contributed by atoms with Gasteiger partial charge in [0.1, 0.15) is 5.75 Å². The topological polar surface area (TPSA) is 61.8 Å². The van der Waals surface area contributed by atoms with Crippen LogP contribution in [0.25, 0.3) is 0 Å². The van der Waals surface area contributed by atoms with Gasteiger partial charge < -0.3 is 20.1 Å². The van der Waals surface area contributed by atoms with Crippen LogP contribution in [0.2, 0.25) is 5.02 Å². The molecule has 3 rings (SSSR count). The number of piperazine rings is 1. The second-order valence-electron chi connectivity index (χ2n) is 6.33. The SMILES string of the molecule is O=C(COc1ccccc1CO)N1CCNCC1Cc1ccc(Cl)cc1. The summed E-state index contributed by atoms with van der Waals surface area (Å²) in [7, 11) is 0. The van der Waals surface area contributed by atoms with E-state index in [0.717, 1.165) is 25.1 Å². The predicted molar refractivity (Wildman–Crippen MR) is 101 cm³/mol. The molecule has 0 saturated carbocycles. The molecule has 2 N–H and O–H groups in total. The van der Waals surface area contributed by atoms with Gasteiger partial charge in [-0.2, -0.15) is 0 Å². The van der Waals surface area contributed by atoms with Gasteiger partial charge in [0.05, 0.1) is 6.61 Å². The summed E-state index contributed by atoms with van der Waals surface area (Å²) in [4.78, 5) is 14.6. The van der Waals surface area contributed by atoms with Crippen molar-refractivity contribution < 1.29 is 14.6 Å². The number of benzene rings is 2. The van der Waals surface area contributed by atoms with Crippen molar-refractivity contribution in [3.63, 3.8) is 0 Å². The average molecular weight is 375 g/mol. The van der Waals surface area contributed by atoms with E-state index in [1.165, 1.54) is 0 Å². The molecule has 1 aliphatic rings. The van der Waals surface area contributed by atoms with Crippen molar-refractivity contribution in [1.82, 2.24) is 10.2 Å². The fraction of sp³-hybridized carbons (Fsp3) is 0.350. The standard InChI is InChI=1S/C20H23ClN2O3/c21-17-7-5-15(6-8-17)11-18-12-22-9-10-23(18)20(25)14-26-19-4-2-1-3-16(19)13-24/h1-8,18,22,24H,9-14H2. The van der Waals surface area contributed by atoms with Gasteiger partial charge in [-0.1, -0.05) is 41.9 Å². The van der Waals surface area contributed by atoms with E-state index >= 15 is 0 Å². The maximum atomic E-state index is 12.7. The van der Waals surface area contributed by atoms with Crippen LogP contribution in [-0.2, 0) is 17.8 Å². The molecule has 0 radical (unpaired) electrons. The molecule has 2 aromatic rings. The van der Waals surface area contributed by atoms with Gasteiger partial charge in [0, 0.05) is 36.3 Å². The number of aliphatic hydroxyl groups is 1. The maximum Gasteiger partial charge on any atom is 0.260 e. The molecule has 1 aliphatic heterocycles. The van der Waals surface area contributed by atoms with Gasteiger partial charge >= 0.3 is 0 Å². The summed E-state index contributed by atoms with van der Waals surface area (Å²) < 4.78 is 5.67. The van der Waals surface area contributed by atoms with Crippen LogP contribution in [-0.4, -0.2) is 48.2 Å². The Bertz CT molecular complexity index is 736. The molecule has 6 heteroatoms. The molecule has 5 nitrogen and oxygen atoms in total. The molecule has 0 aliphatic carbocycles. The number of para-hydroxylation sites is 1. The summed E-state index contributed by atoms with van der Waals surface area (Å²) in [5.74, 6) is 0.506. The van der Waals surface area contributed by atoms with E-state index in [4.69, 9.17) is 16.3 Å². The Morgan fingerprint density at radius 3 is 2.77 bits per heavy atom. The minimum absolute atomic E-state index is 0.0336. The van der Waals surface area contributed by atoms with Crippen molar-refractivity contribution >= 4 is 17.5 Å². The Kier molecular flexibility index (Phi) is 6.50. The molecule has 1 heterocycles. The lowest BCUT2D eigenvalue weighted by Gasteiger charge is -2.36. The Hall–Kier alpha value is -2.08. The number of hydrogen-bond donors (Lipinski definition) is 2. The molecule has 0 spiro atoms. The minimum Gasteiger partial charge on any atom is -0.483 e. The molecular formula is C20H23ClN2O3. The first kappa shape index (κ1) is 18.7. The Balaban J connectivity index is 1.63. The normalized spacial score (nSPS) is 17.2. The number of nitrogens with one attached hydrogen (secondary N) is 1. The number of halogens is 1. The smallest absolute Gasteiger partial charge is 0.260 e. The van der Waals surface area contributed by atoms with E-state index < -0.39 is 0 Å². The molecule has 26 heavy (non-hydrogen) atoms. The van der Waals surface area contributed by atoms with Crippen LogP contribution in [0.1, 0.15) is 11.1 Å². The first-order valence-corrected chi connectivity index (χ1v) is 9.11. The number of carbonyl (C=O) groups excluding carboxylic acids is 1. The zero-order chi connectivity index (χ0) is 18.4. The van der Waals surface area contributed by atoms with E-state index in [2.05, 4.69) is 5.32 Å². The molecule has 138 valence electrons. The lowest BCUT2D eigenvalue weighted by Crippen LogP contribution is -2.55. The number of aliphatic hydroxyl groups excluding tert-OH is 1. The van der Waals surface area contributed by atoms with Crippen LogP contribution in [0.4, 0.5) is 0 Å². The molecule has 2 aromatic carbocycles. The van der Waals surface area contributed by atoms with Crippen molar-refractivity contribution in [1.29, 1.82) is 0 Å². The van der Waals surface area contributed by atoms with Gasteiger partial charge in [0.15, 0.2) is 6.61 Å². The summed E-state index contributed by atoms with van der Waals surface area (Å²) in [5.41, 5.74) is 1.82. The number of rotatable bonds is 6. The number of nitrogens with zero attached hydrogens (tertiary/aromatic N) is 1. The fourth-order valence-corrected chi connectivity index (χ4v) is 3.29. The number of carbonyl (C=O) groups is 1. The Morgan fingerprint density at radius 1 is 1.23 bits per heavy atom. The zero-order valence-electron chi connectivity index (χ0n) is 14.5. The summed E-state index contributed by atoms with van der Waals surface area (Å²) in [6.45, 7) is 2.03. The monoisotopic (exact) mass is 374 g/mol. The molecule has 0 aromatic heterocycles. The van der Waals surface area contributed by atoms with Crippen LogP contribution in [0.15, 0.2) is 48.5 Å².